The SMILES string of the molecule is Cn1nccc1NC1CCCCCCC1. The zero-order valence-corrected chi connectivity index (χ0v) is 9.58. The Kier molecular flexibility index (Phi) is 3.64. The molecule has 1 saturated carbocycles. The highest BCUT2D eigenvalue weighted by Gasteiger charge is 2.11. The molecular formula is C12H21N3. The lowest BCUT2D eigenvalue weighted by Gasteiger charge is -2.21. The molecule has 1 N–H and O–H groups in total. The molecule has 1 aromatic rings. The lowest BCUT2D eigenvalue weighted by molar-refractivity contribution is 0.469. The fourth-order valence-electron chi connectivity index (χ4n) is 2.33. The molecule has 0 unspecified atom stereocenters. The van der Waals surface area contributed by atoms with Gasteiger partial charge in [0, 0.05) is 19.2 Å². The van der Waals surface area contributed by atoms with Gasteiger partial charge in [0.1, 0.15) is 5.82 Å². The average molecular weight is 207 g/mol. The van der Waals surface area contributed by atoms with Crippen molar-refractivity contribution in [2.45, 2.75) is 51.0 Å². The van der Waals surface area contributed by atoms with Gasteiger partial charge in [-0.3, -0.25) is 4.68 Å². The first kappa shape index (κ1) is 10.5. The normalized spacial score (nSPS) is 19.5. The molecule has 0 bridgehead atoms. The Hall–Kier alpha value is -0.990. The quantitative estimate of drug-likeness (QED) is 0.808. The minimum absolute atomic E-state index is 0.653. The number of aromatic nitrogens is 2. The number of nitrogens with one attached hydrogen (secondary N) is 1. The van der Waals surface area contributed by atoms with Crippen molar-refractivity contribution in [3.8, 4) is 0 Å². The van der Waals surface area contributed by atoms with Crippen LogP contribution in [0.5, 0.6) is 0 Å². The minimum atomic E-state index is 0.653. The zero-order valence-electron chi connectivity index (χ0n) is 9.58. The summed E-state index contributed by atoms with van der Waals surface area (Å²) in [6.07, 6.45) is 11.5. The molecule has 84 valence electrons. The van der Waals surface area contributed by atoms with Gasteiger partial charge in [0.2, 0.25) is 0 Å². The maximum atomic E-state index is 4.18. The highest BCUT2D eigenvalue weighted by atomic mass is 15.3. The van der Waals surface area contributed by atoms with Crippen molar-refractivity contribution < 1.29 is 0 Å². The van der Waals surface area contributed by atoms with Crippen LogP contribution in [0.3, 0.4) is 0 Å². The summed E-state index contributed by atoms with van der Waals surface area (Å²) >= 11 is 0. The molecule has 0 saturated heterocycles. The summed E-state index contributed by atoms with van der Waals surface area (Å²) in [5.41, 5.74) is 0. The third-order valence-corrected chi connectivity index (χ3v) is 3.28. The molecule has 0 aliphatic heterocycles. The van der Waals surface area contributed by atoms with E-state index in [9.17, 15) is 0 Å². The average Bonchev–Trinajstić information content (AvgIpc) is 2.56. The Bertz CT molecular complexity index is 285. The molecule has 0 radical (unpaired) electrons. The Morgan fingerprint density at radius 2 is 1.87 bits per heavy atom. The smallest absolute Gasteiger partial charge is 0.124 e. The van der Waals surface area contributed by atoms with Crippen molar-refractivity contribution in [3.63, 3.8) is 0 Å². The molecule has 1 aliphatic rings. The van der Waals surface area contributed by atoms with Gasteiger partial charge in [0.25, 0.3) is 0 Å². The zero-order chi connectivity index (χ0) is 10.5. The predicted octanol–water partition coefficient (Wildman–Crippen LogP) is 2.94. The van der Waals surface area contributed by atoms with Gasteiger partial charge in [-0.2, -0.15) is 5.10 Å². The van der Waals surface area contributed by atoms with Gasteiger partial charge >= 0.3 is 0 Å². The summed E-state index contributed by atoms with van der Waals surface area (Å²) in [7, 11) is 1.99. The maximum absolute atomic E-state index is 4.18. The van der Waals surface area contributed by atoms with Crippen LogP contribution < -0.4 is 5.32 Å². The van der Waals surface area contributed by atoms with E-state index < -0.39 is 0 Å². The molecule has 15 heavy (non-hydrogen) atoms. The number of hydrogen-bond donors (Lipinski definition) is 1. The highest BCUT2D eigenvalue weighted by molar-refractivity contribution is 5.34. The Morgan fingerprint density at radius 1 is 1.20 bits per heavy atom. The molecule has 0 aromatic carbocycles. The maximum Gasteiger partial charge on any atom is 0.124 e. The van der Waals surface area contributed by atoms with E-state index >= 15 is 0 Å². The topological polar surface area (TPSA) is 29.9 Å². The van der Waals surface area contributed by atoms with Gasteiger partial charge in [-0.05, 0) is 12.8 Å². The molecule has 3 nitrogen and oxygen atoms in total. The van der Waals surface area contributed by atoms with Crippen molar-refractivity contribution >= 4 is 5.82 Å². The van der Waals surface area contributed by atoms with E-state index in [-0.39, 0.29) is 0 Å². The molecular weight excluding hydrogens is 186 g/mol. The van der Waals surface area contributed by atoms with Gasteiger partial charge in [-0.1, -0.05) is 32.1 Å². The third kappa shape index (κ3) is 2.98. The van der Waals surface area contributed by atoms with Crippen LogP contribution in [-0.4, -0.2) is 15.8 Å². The molecule has 1 fully saturated rings. The van der Waals surface area contributed by atoms with E-state index in [1.165, 1.54) is 44.9 Å². The first-order valence-corrected chi connectivity index (χ1v) is 6.11. The Labute approximate surface area is 91.9 Å². The first-order valence-electron chi connectivity index (χ1n) is 6.11. The lowest BCUT2D eigenvalue weighted by Crippen LogP contribution is -2.22. The number of nitrogens with zero attached hydrogens (tertiary/aromatic N) is 2. The predicted molar refractivity (Wildman–Crippen MR) is 62.9 cm³/mol. The standard InChI is InChI=1S/C12H21N3/c1-15-12(9-10-13-15)14-11-7-5-3-2-4-6-8-11/h9-11,14H,2-8H2,1H3. The van der Waals surface area contributed by atoms with E-state index in [0.717, 1.165) is 5.82 Å². The summed E-state index contributed by atoms with van der Waals surface area (Å²) in [6.45, 7) is 0. The second-order valence-corrected chi connectivity index (χ2v) is 4.53. The van der Waals surface area contributed by atoms with E-state index in [0.29, 0.717) is 6.04 Å². The van der Waals surface area contributed by atoms with Crippen molar-refractivity contribution in [1.82, 2.24) is 9.78 Å². The second-order valence-electron chi connectivity index (χ2n) is 4.53. The van der Waals surface area contributed by atoms with Crippen LogP contribution in [0.4, 0.5) is 5.82 Å². The molecule has 1 aliphatic carbocycles. The molecule has 0 spiro atoms. The van der Waals surface area contributed by atoms with Crippen LogP contribution in [0.25, 0.3) is 0 Å². The van der Waals surface area contributed by atoms with Crippen LogP contribution in [0, 0.1) is 0 Å². The number of aryl methyl sites for hydroxylation is 1. The number of rotatable bonds is 2. The van der Waals surface area contributed by atoms with Crippen LogP contribution >= 0.6 is 0 Å². The van der Waals surface area contributed by atoms with Crippen LogP contribution in [-0.2, 0) is 7.05 Å². The lowest BCUT2D eigenvalue weighted by atomic mass is 9.97. The van der Waals surface area contributed by atoms with E-state index in [1.54, 1.807) is 0 Å². The van der Waals surface area contributed by atoms with Gasteiger partial charge < -0.3 is 5.32 Å². The number of anilines is 1. The van der Waals surface area contributed by atoms with Crippen LogP contribution in [0.2, 0.25) is 0 Å². The summed E-state index contributed by atoms with van der Waals surface area (Å²) in [6, 6.07) is 2.71. The van der Waals surface area contributed by atoms with Crippen LogP contribution in [0.15, 0.2) is 12.3 Å². The van der Waals surface area contributed by atoms with Crippen molar-refractivity contribution in [1.29, 1.82) is 0 Å². The van der Waals surface area contributed by atoms with E-state index in [2.05, 4.69) is 16.5 Å². The number of hydrogen-bond acceptors (Lipinski definition) is 2. The monoisotopic (exact) mass is 207 g/mol. The Balaban J connectivity index is 1.89. The highest BCUT2D eigenvalue weighted by Crippen LogP contribution is 2.20. The molecule has 0 atom stereocenters. The summed E-state index contributed by atoms with van der Waals surface area (Å²) in [5.74, 6) is 1.15. The summed E-state index contributed by atoms with van der Waals surface area (Å²) < 4.78 is 1.92. The van der Waals surface area contributed by atoms with Crippen molar-refractivity contribution in [2.24, 2.45) is 7.05 Å². The van der Waals surface area contributed by atoms with Gasteiger partial charge in [0.05, 0.1) is 6.20 Å². The summed E-state index contributed by atoms with van der Waals surface area (Å²) in [5, 5.41) is 7.78. The Morgan fingerprint density at radius 3 is 2.47 bits per heavy atom. The molecule has 1 aromatic heterocycles. The largest absolute Gasteiger partial charge is 0.368 e. The van der Waals surface area contributed by atoms with Crippen molar-refractivity contribution in [2.75, 3.05) is 5.32 Å². The van der Waals surface area contributed by atoms with Gasteiger partial charge in [-0.15, -0.1) is 0 Å². The third-order valence-electron chi connectivity index (χ3n) is 3.28. The molecule has 0 amide bonds. The molecule has 1 heterocycles. The second kappa shape index (κ2) is 5.19. The molecule has 2 rings (SSSR count). The van der Waals surface area contributed by atoms with E-state index in [1.807, 2.05) is 17.9 Å². The minimum Gasteiger partial charge on any atom is -0.368 e. The van der Waals surface area contributed by atoms with Crippen molar-refractivity contribution in [3.05, 3.63) is 12.3 Å². The first-order chi connectivity index (χ1) is 7.36. The fourth-order valence-corrected chi connectivity index (χ4v) is 2.33. The fraction of sp³-hybridized carbons (Fsp3) is 0.750. The van der Waals surface area contributed by atoms with Gasteiger partial charge in [0.15, 0.2) is 0 Å². The van der Waals surface area contributed by atoms with E-state index in [4.69, 9.17) is 0 Å². The molecule has 3 heteroatoms. The van der Waals surface area contributed by atoms with Crippen LogP contribution in [0.1, 0.15) is 44.9 Å². The summed E-state index contributed by atoms with van der Waals surface area (Å²) in [4.78, 5) is 0. The van der Waals surface area contributed by atoms with Gasteiger partial charge in [-0.25, -0.2) is 0 Å².